The summed E-state index contributed by atoms with van der Waals surface area (Å²) in [5.74, 6) is 1.90. The summed E-state index contributed by atoms with van der Waals surface area (Å²) < 4.78 is 5.42. The molecular formula is C16H20N2O. The normalized spacial score (nSPS) is 16.5. The molecule has 3 nitrogen and oxygen atoms in total. The molecule has 3 rings (SSSR count). The maximum Gasteiger partial charge on any atom is 0.134 e. The van der Waals surface area contributed by atoms with Crippen LogP contribution in [0.3, 0.4) is 0 Å². The zero-order valence-electron chi connectivity index (χ0n) is 11.4. The summed E-state index contributed by atoms with van der Waals surface area (Å²) in [6.07, 6.45) is 8.38. The largest absolute Gasteiger partial charge is 0.496 e. The zero-order valence-corrected chi connectivity index (χ0v) is 11.4. The summed E-state index contributed by atoms with van der Waals surface area (Å²) in [6, 6.07) is 8.70. The van der Waals surface area contributed by atoms with Crippen LogP contribution in [0.1, 0.15) is 32.1 Å². The van der Waals surface area contributed by atoms with E-state index in [1.54, 1.807) is 7.11 Å². The summed E-state index contributed by atoms with van der Waals surface area (Å²) in [5, 5.41) is 5.88. The number of hydrogen-bond donors (Lipinski definition) is 1. The number of fused-ring (bicyclic) bond motifs is 1. The van der Waals surface area contributed by atoms with Crippen molar-refractivity contribution in [2.75, 3.05) is 12.4 Å². The lowest BCUT2D eigenvalue weighted by atomic mass is 9.95. The van der Waals surface area contributed by atoms with Gasteiger partial charge in [0.25, 0.3) is 0 Å². The van der Waals surface area contributed by atoms with E-state index in [0.717, 1.165) is 22.3 Å². The molecule has 1 heterocycles. The number of nitrogens with one attached hydrogen (secondary N) is 1. The Morgan fingerprint density at radius 1 is 1.11 bits per heavy atom. The van der Waals surface area contributed by atoms with Crippen molar-refractivity contribution in [1.82, 2.24) is 4.98 Å². The topological polar surface area (TPSA) is 34.1 Å². The Morgan fingerprint density at radius 3 is 2.74 bits per heavy atom. The van der Waals surface area contributed by atoms with Crippen LogP contribution in [0, 0.1) is 0 Å². The number of nitrogens with zero attached hydrogens (tertiary/aromatic N) is 1. The Balaban J connectivity index is 1.94. The van der Waals surface area contributed by atoms with E-state index in [2.05, 4.69) is 16.4 Å². The van der Waals surface area contributed by atoms with Crippen molar-refractivity contribution in [3.05, 3.63) is 30.5 Å². The van der Waals surface area contributed by atoms with Crippen LogP contribution in [0.25, 0.3) is 10.8 Å². The zero-order chi connectivity index (χ0) is 13.1. The molecule has 0 spiro atoms. The third-order valence-electron chi connectivity index (χ3n) is 3.93. The van der Waals surface area contributed by atoms with Gasteiger partial charge in [-0.3, -0.25) is 0 Å². The first kappa shape index (κ1) is 12.3. The first-order valence-electron chi connectivity index (χ1n) is 7.07. The molecule has 1 saturated carbocycles. The number of benzene rings is 1. The molecular weight excluding hydrogens is 236 g/mol. The number of ether oxygens (including phenoxy) is 1. The van der Waals surface area contributed by atoms with Crippen molar-refractivity contribution in [3.63, 3.8) is 0 Å². The Bertz CT molecular complexity index is 562. The quantitative estimate of drug-likeness (QED) is 0.901. The van der Waals surface area contributed by atoms with Crippen LogP contribution in [0.5, 0.6) is 5.75 Å². The van der Waals surface area contributed by atoms with Gasteiger partial charge in [0.1, 0.15) is 11.6 Å². The molecule has 0 atom stereocenters. The van der Waals surface area contributed by atoms with Crippen molar-refractivity contribution in [2.24, 2.45) is 0 Å². The molecule has 0 saturated heterocycles. The fourth-order valence-corrected chi connectivity index (χ4v) is 2.91. The van der Waals surface area contributed by atoms with Crippen LogP contribution in [-0.2, 0) is 0 Å². The maximum atomic E-state index is 5.42. The molecule has 19 heavy (non-hydrogen) atoms. The van der Waals surface area contributed by atoms with Gasteiger partial charge in [0.05, 0.1) is 7.11 Å². The lowest BCUT2D eigenvalue weighted by Crippen LogP contribution is -2.22. The summed E-state index contributed by atoms with van der Waals surface area (Å²) in [4.78, 5) is 4.51. The second-order valence-electron chi connectivity index (χ2n) is 5.19. The van der Waals surface area contributed by atoms with Crippen molar-refractivity contribution < 1.29 is 4.74 Å². The predicted octanol–water partition coefficient (Wildman–Crippen LogP) is 3.99. The molecule has 1 aromatic carbocycles. The van der Waals surface area contributed by atoms with Gasteiger partial charge in [-0.25, -0.2) is 4.98 Å². The Hall–Kier alpha value is -1.77. The van der Waals surface area contributed by atoms with E-state index in [-0.39, 0.29) is 0 Å². The van der Waals surface area contributed by atoms with Crippen LogP contribution in [0.4, 0.5) is 5.82 Å². The fourth-order valence-electron chi connectivity index (χ4n) is 2.91. The Kier molecular flexibility index (Phi) is 3.53. The molecule has 1 aliphatic carbocycles. The summed E-state index contributed by atoms with van der Waals surface area (Å²) in [6.45, 7) is 0. The van der Waals surface area contributed by atoms with Crippen LogP contribution < -0.4 is 10.1 Å². The van der Waals surface area contributed by atoms with E-state index in [0.29, 0.717) is 6.04 Å². The molecule has 1 N–H and O–H groups in total. The van der Waals surface area contributed by atoms with Gasteiger partial charge in [0.15, 0.2) is 0 Å². The smallest absolute Gasteiger partial charge is 0.134 e. The molecule has 3 heteroatoms. The number of hydrogen-bond acceptors (Lipinski definition) is 3. The first-order chi connectivity index (χ1) is 9.38. The van der Waals surface area contributed by atoms with E-state index in [1.807, 2.05) is 24.4 Å². The van der Waals surface area contributed by atoms with Gasteiger partial charge in [0.2, 0.25) is 0 Å². The molecule has 1 aromatic heterocycles. The maximum absolute atomic E-state index is 5.42. The highest BCUT2D eigenvalue weighted by atomic mass is 16.5. The van der Waals surface area contributed by atoms with Gasteiger partial charge in [-0.2, -0.15) is 0 Å². The number of pyridine rings is 1. The van der Waals surface area contributed by atoms with E-state index in [4.69, 9.17) is 4.74 Å². The van der Waals surface area contributed by atoms with Crippen LogP contribution >= 0.6 is 0 Å². The van der Waals surface area contributed by atoms with Gasteiger partial charge in [0, 0.05) is 23.0 Å². The molecule has 0 radical (unpaired) electrons. The highest BCUT2D eigenvalue weighted by Crippen LogP contribution is 2.30. The van der Waals surface area contributed by atoms with Gasteiger partial charge in [-0.1, -0.05) is 31.4 Å². The van der Waals surface area contributed by atoms with Gasteiger partial charge in [-0.15, -0.1) is 0 Å². The highest BCUT2D eigenvalue weighted by molar-refractivity contribution is 5.95. The lowest BCUT2D eigenvalue weighted by molar-refractivity contribution is 0.420. The summed E-state index contributed by atoms with van der Waals surface area (Å²) in [7, 11) is 1.71. The molecule has 0 aliphatic heterocycles. The minimum atomic E-state index is 0.568. The van der Waals surface area contributed by atoms with Crippen molar-refractivity contribution in [2.45, 2.75) is 38.1 Å². The second kappa shape index (κ2) is 5.47. The molecule has 0 unspecified atom stereocenters. The van der Waals surface area contributed by atoms with Crippen LogP contribution in [-0.4, -0.2) is 18.1 Å². The van der Waals surface area contributed by atoms with E-state index < -0.39 is 0 Å². The minimum absolute atomic E-state index is 0.568. The lowest BCUT2D eigenvalue weighted by Gasteiger charge is -2.24. The number of aromatic nitrogens is 1. The highest BCUT2D eigenvalue weighted by Gasteiger charge is 2.15. The van der Waals surface area contributed by atoms with E-state index >= 15 is 0 Å². The molecule has 0 amide bonds. The average Bonchev–Trinajstić information content (AvgIpc) is 2.48. The molecule has 1 aliphatic rings. The molecule has 2 aromatic rings. The molecule has 100 valence electrons. The van der Waals surface area contributed by atoms with Crippen LogP contribution in [0.2, 0.25) is 0 Å². The van der Waals surface area contributed by atoms with Crippen molar-refractivity contribution in [3.8, 4) is 5.75 Å². The number of anilines is 1. The van der Waals surface area contributed by atoms with Crippen molar-refractivity contribution in [1.29, 1.82) is 0 Å². The predicted molar refractivity (Wildman–Crippen MR) is 78.8 cm³/mol. The molecule has 0 bridgehead atoms. The number of methoxy groups -OCH3 is 1. The molecule has 1 fully saturated rings. The van der Waals surface area contributed by atoms with Crippen LogP contribution in [0.15, 0.2) is 30.5 Å². The van der Waals surface area contributed by atoms with E-state index in [9.17, 15) is 0 Å². The summed E-state index contributed by atoms with van der Waals surface area (Å²) >= 11 is 0. The second-order valence-corrected chi connectivity index (χ2v) is 5.19. The van der Waals surface area contributed by atoms with Crippen molar-refractivity contribution >= 4 is 16.6 Å². The SMILES string of the molecule is COc1cccc2c(NC3CCCCC3)nccc12. The third kappa shape index (κ3) is 2.50. The Morgan fingerprint density at radius 2 is 1.95 bits per heavy atom. The number of rotatable bonds is 3. The monoisotopic (exact) mass is 256 g/mol. The minimum Gasteiger partial charge on any atom is -0.496 e. The first-order valence-corrected chi connectivity index (χ1v) is 7.07. The average molecular weight is 256 g/mol. The van der Waals surface area contributed by atoms with Gasteiger partial charge >= 0.3 is 0 Å². The Labute approximate surface area is 114 Å². The van der Waals surface area contributed by atoms with Gasteiger partial charge < -0.3 is 10.1 Å². The fraction of sp³-hybridized carbons (Fsp3) is 0.438. The van der Waals surface area contributed by atoms with Gasteiger partial charge in [-0.05, 0) is 25.0 Å². The summed E-state index contributed by atoms with van der Waals surface area (Å²) in [5.41, 5.74) is 0. The third-order valence-corrected chi connectivity index (χ3v) is 3.93. The van der Waals surface area contributed by atoms with E-state index in [1.165, 1.54) is 32.1 Å². The standard InChI is InChI=1S/C16H20N2O/c1-19-15-9-5-8-14-13(15)10-11-17-16(14)18-12-6-3-2-4-7-12/h5,8-12H,2-4,6-7H2,1H3,(H,17,18).